The van der Waals surface area contributed by atoms with Gasteiger partial charge in [0.25, 0.3) is 0 Å². The zero-order chi connectivity index (χ0) is 22.2. The van der Waals surface area contributed by atoms with Gasteiger partial charge in [-0.15, -0.1) is 0 Å². The molecule has 1 fully saturated rings. The summed E-state index contributed by atoms with van der Waals surface area (Å²) in [4.78, 5) is 28.4. The number of anilines is 2. The van der Waals surface area contributed by atoms with Crippen LogP contribution in [-0.4, -0.2) is 67.5 Å². The fourth-order valence-corrected chi connectivity index (χ4v) is 3.29. The van der Waals surface area contributed by atoms with Gasteiger partial charge in [-0.3, -0.25) is 19.4 Å². The van der Waals surface area contributed by atoms with Crippen molar-refractivity contribution in [2.24, 2.45) is 0 Å². The molecular weight excluding hydrogens is 406 g/mol. The summed E-state index contributed by atoms with van der Waals surface area (Å²) >= 11 is 0. The second kappa shape index (κ2) is 10.8. The summed E-state index contributed by atoms with van der Waals surface area (Å²) in [6.07, 6.45) is 0. The van der Waals surface area contributed by atoms with E-state index in [2.05, 4.69) is 10.6 Å². The molecule has 2 aromatic carbocycles. The topological polar surface area (TPSA) is 73.9 Å². The molecule has 1 heterocycles. The first kappa shape index (κ1) is 22.6. The van der Waals surface area contributed by atoms with E-state index in [9.17, 15) is 18.4 Å². The lowest BCUT2D eigenvalue weighted by Crippen LogP contribution is -2.50. The van der Waals surface area contributed by atoms with E-state index in [4.69, 9.17) is 4.74 Å². The van der Waals surface area contributed by atoms with Crippen molar-refractivity contribution in [3.63, 3.8) is 0 Å². The standard InChI is InChI=1S/C22H26F2N4O3/c1-2-31-18-6-3-16(4-7-18)25-21(29)14-27-9-11-28(12-10-27)15-22(30)26-17-5-8-19(23)20(24)13-17/h3-8,13H,2,9-12,14-15H2,1H3,(H,25,29)(H,26,30). The summed E-state index contributed by atoms with van der Waals surface area (Å²) in [5.74, 6) is -1.61. The maximum Gasteiger partial charge on any atom is 0.238 e. The molecule has 2 amide bonds. The molecule has 3 rings (SSSR count). The van der Waals surface area contributed by atoms with Crippen molar-refractivity contribution in [1.29, 1.82) is 0 Å². The van der Waals surface area contributed by atoms with Gasteiger partial charge in [0.2, 0.25) is 11.8 Å². The SMILES string of the molecule is CCOc1ccc(NC(=O)CN2CCN(CC(=O)Nc3ccc(F)c(F)c3)CC2)cc1. The van der Waals surface area contributed by atoms with Gasteiger partial charge in [-0.2, -0.15) is 0 Å². The van der Waals surface area contributed by atoms with Crippen LogP contribution in [0.1, 0.15) is 6.92 Å². The van der Waals surface area contributed by atoms with E-state index in [1.54, 1.807) is 12.1 Å². The zero-order valence-electron chi connectivity index (χ0n) is 17.4. The maximum atomic E-state index is 13.2. The van der Waals surface area contributed by atoms with Gasteiger partial charge < -0.3 is 15.4 Å². The van der Waals surface area contributed by atoms with Crippen molar-refractivity contribution in [3.05, 3.63) is 54.1 Å². The Morgan fingerprint density at radius 3 is 1.87 bits per heavy atom. The molecule has 0 radical (unpaired) electrons. The lowest BCUT2D eigenvalue weighted by molar-refractivity contribution is -0.120. The molecule has 0 spiro atoms. The summed E-state index contributed by atoms with van der Waals surface area (Å²) in [5, 5.41) is 5.43. The minimum Gasteiger partial charge on any atom is -0.494 e. The Labute approximate surface area is 180 Å². The first-order chi connectivity index (χ1) is 14.9. The number of hydrogen-bond donors (Lipinski definition) is 2. The molecule has 166 valence electrons. The Bertz CT molecular complexity index is 900. The predicted molar refractivity (Wildman–Crippen MR) is 114 cm³/mol. The molecule has 0 atom stereocenters. The quantitative estimate of drug-likeness (QED) is 0.671. The molecule has 0 aliphatic carbocycles. The number of benzene rings is 2. The number of carbonyl (C=O) groups excluding carboxylic acids is 2. The Morgan fingerprint density at radius 2 is 1.35 bits per heavy atom. The highest BCUT2D eigenvalue weighted by Crippen LogP contribution is 2.16. The Balaban J connectivity index is 1.38. The normalized spacial score (nSPS) is 14.8. The van der Waals surface area contributed by atoms with Gasteiger partial charge in [0.15, 0.2) is 11.6 Å². The third-order valence-electron chi connectivity index (χ3n) is 4.85. The van der Waals surface area contributed by atoms with Crippen LogP contribution < -0.4 is 15.4 Å². The highest BCUT2D eigenvalue weighted by molar-refractivity contribution is 5.92. The third kappa shape index (κ3) is 7.01. The Kier molecular flexibility index (Phi) is 7.91. The van der Waals surface area contributed by atoms with Crippen LogP contribution in [0.15, 0.2) is 42.5 Å². The molecule has 0 unspecified atom stereocenters. The fourth-order valence-electron chi connectivity index (χ4n) is 3.29. The summed E-state index contributed by atoms with van der Waals surface area (Å²) in [7, 11) is 0. The van der Waals surface area contributed by atoms with Gasteiger partial charge in [-0.05, 0) is 43.3 Å². The van der Waals surface area contributed by atoms with Gasteiger partial charge in [0.05, 0.1) is 19.7 Å². The molecule has 1 saturated heterocycles. The lowest BCUT2D eigenvalue weighted by atomic mass is 10.2. The third-order valence-corrected chi connectivity index (χ3v) is 4.85. The minimum atomic E-state index is -1.00. The number of halogens is 2. The second-order valence-electron chi connectivity index (χ2n) is 7.23. The van der Waals surface area contributed by atoms with E-state index in [0.29, 0.717) is 38.5 Å². The number of nitrogens with zero attached hydrogens (tertiary/aromatic N) is 2. The molecule has 2 N–H and O–H groups in total. The van der Waals surface area contributed by atoms with Gasteiger partial charge in [0.1, 0.15) is 5.75 Å². The van der Waals surface area contributed by atoms with Crippen molar-refractivity contribution in [2.75, 3.05) is 56.5 Å². The Morgan fingerprint density at radius 1 is 0.839 bits per heavy atom. The number of nitrogens with one attached hydrogen (secondary N) is 2. The fraction of sp³-hybridized carbons (Fsp3) is 0.364. The number of amides is 2. The van der Waals surface area contributed by atoms with Crippen LogP contribution in [0.2, 0.25) is 0 Å². The highest BCUT2D eigenvalue weighted by atomic mass is 19.2. The molecule has 9 heteroatoms. The minimum absolute atomic E-state index is 0.103. The van der Waals surface area contributed by atoms with Gasteiger partial charge in [-0.25, -0.2) is 8.78 Å². The predicted octanol–water partition coefficient (Wildman–Crippen LogP) is 2.56. The molecule has 1 aliphatic rings. The number of ether oxygens (including phenoxy) is 1. The molecule has 0 bridgehead atoms. The average molecular weight is 432 g/mol. The van der Waals surface area contributed by atoms with E-state index < -0.39 is 11.6 Å². The molecule has 31 heavy (non-hydrogen) atoms. The first-order valence-electron chi connectivity index (χ1n) is 10.1. The number of carbonyl (C=O) groups is 2. The van der Waals surface area contributed by atoms with Crippen molar-refractivity contribution in [1.82, 2.24) is 9.80 Å². The van der Waals surface area contributed by atoms with E-state index in [1.165, 1.54) is 6.07 Å². The zero-order valence-corrected chi connectivity index (χ0v) is 17.4. The van der Waals surface area contributed by atoms with Gasteiger partial charge in [-0.1, -0.05) is 0 Å². The maximum absolute atomic E-state index is 13.2. The summed E-state index contributed by atoms with van der Waals surface area (Å²) in [6, 6.07) is 10.5. The monoisotopic (exact) mass is 432 g/mol. The molecule has 0 aromatic heterocycles. The van der Waals surface area contributed by atoms with Crippen molar-refractivity contribution in [3.8, 4) is 5.75 Å². The van der Waals surface area contributed by atoms with Crippen LogP contribution in [0.5, 0.6) is 5.75 Å². The average Bonchev–Trinajstić information content (AvgIpc) is 2.74. The molecule has 1 aliphatic heterocycles. The van der Waals surface area contributed by atoms with E-state index in [1.807, 2.05) is 28.9 Å². The van der Waals surface area contributed by atoms with E-state index in [-0.39, 0.29) is 30.6 Å². The van der Waals surface area contributed by atoms with Gasteiger partial charge >= 0.3 is 0 Å². The first-order valence-corrected chi connectivity index (χ1v) is 10.1. The van der Waals surface area contributed by atoms with Crippen LogP contribution in [-0.2, 0) is 9.59 Å². The Hall–Kier alpha value is -3.04. The highest BCUT2D eigenvalue weighted by Gasteiger charge is 2.21. The van der Waals surface area contributed by atoms with Crippen molar-refractivity contribution >= 4 is 23.2 Å². The number of hydrogen-bond acceptors (Lipinski definition) is 5. The van der Waals surface area contributed by atoms with Gasteiger partial charge in [0, 0.05) is 43.6 Å². The van der Waals surface area contributed by atoms with Crippen LogP contribution in [0.4, 0.5) is 20.2 Å². The molecule has 7 nitrogen and oxygen atoms in total. The number of piperazine rings is 1. The van der Waals surface area contributed by atoms with Crippen molar-refractivity contribution < 1.29 is 23.1 Å². The molecular formula is C22H26F2N4O3. The molecule has 0 saturated carbocycles. The van der Waals surface area contributed by atoms with Crippen molar-refractivity contribution in [2.45, 2.75) is 6.92 Å². The summed E-state index contributed by atoms with van der Waals surface area (Å²) in [5.41, 5.74) is 0.925. The largest absolute Gasteiger partial charge is 0.494 e. The second-order valence-corrected chi connectivity index (χ2v) is 7.23. The van der Waals surface area contributed by atoms with E-state index in [0.717, 1.165) is 17.9 Å². The lowest BCUT2D eigenvalue weighted by Gasteiger charge is -2.33. The summed E-state index contributed by atoms with van der Waals surface area (Å²) in [6.45, 7) is 5.46. The number of rotatable bonds is 8. The van der Waals surface area contributed by atoms with Crippen LogP contribution >= 0.6 is 0 Å². The summed E-state index contributed by atoms with van der Waals surface area (Å²) < 4.78 is 31.6. The van der Waals surface area contributed by atoms with Crippen LogP contribution in [0.25, 0.3) is 0 Å². The molecule has 2 aromatic rings. The van der Waals surface area contributed by atoms with E-state index >= 15 is 0 Å². The smallest absolute Gasteiger partial charge is 0.238 e. The van der Waals surface area contributed by atoms with Crippen LogP contribution in [0, 0.1) is 11.6 Å². The van der Waals surface area contributed by atoms with Crippen LogP contribution in [0.3, 0.4) is 0 Å².